The minimum absolute atomic E-state index is 0.173. The maximum absolute atomic E-state index is 13.3. The van der Waals surface area contributed by atoms with Crippen molar-refractivity contribution < 1.29 is 21.6 Å². The molecular formula is C21H26N2O4S2. The van der Waals surface area contributed by atoms with Crippen molar-refractivity contribution in [2.45, 2.75) is 65.2 Å². The zero-order valence-corrected chi connectivity index (χ0v) is 19.6. The standard InChI is InChI=1S/C21H26N2O4S2/c1-11-9-19(17(7)15(5)13(11)3)28(24,25)21(23-22)29(26,27)20-10-12(2)14(4)16(6)18(20)8/h9-10H,1-8H3. The van der Waals surface area contributed by atoms with Gasteiger partial charge in [0.05, 0.1) is 9.79 Å². The summed E-state index contributed by atoms with van der Waals surface area (Å²) in [6, 6.07) is 2.85. The molecule has 0 aliphatic heterocycles. The summed E-state index contributed by atoms with van der Waals surface area (Å²) in [7, 11) is -9.18. The second-order valence-electron chi connectivity index (χ2n) is 7.51. The minimum Gasteiger partial charge on any atom is -0.359 e. The Labute approximate surface area is 173 Å². The fraction of sp³-hybridized carbons (Fsp3) is 0.381. The Morgan fingerprint density at radius 3 is 1.21 bits per heavy atom. The number of rotatable bonds is 2. The molecule has 8 heteroatoms. The molecule has 0 amide bonds. The maximum atomic E-state index is 13.3. The highest BCUT2D eigenvalue weighted by atomic mass is 32.3. The number of hydrogen-bond acceptors (Lipinski definition) is 4. The van der Waals surface area contributed by atoms with Gasteiger partial charge in [0.1, 0.15) is 0 Å². The summed E-state index contributed by atoms with van der Waals surface area (Å²) in [6.45, 7) is 14.0. The first kappa shape index (κ1) is 23.0. The van der Waals surface area contributed by atoms with Gasteiger partial charge in [0.2, 0.25) is 0 Å². The average Bonchev–Trinajstić information content (AvgIpc) is 2.63. The highest BCUT2D eigenvalue weighted by Crippen LogP contribution is 2.31. The normalized spacial score (nSPS) is 12.0. The smallest absolute Gasteiger partial charge is 0.359 e. The van der Waals surface area contributed by atoms with Crippen LogP contribution in [-0.4, -0.2) is 26.0 Å². The Morgan fingerprint density at radius 2 is 0.931 bits per heavy atom. The molecule has 0 heterocycles. The summed E-state index contributed by atoms with van der Waals surface area (Å²) in [5.41, 5.74) is 15.1. The summed E-state index contributed by atoms with van der Waals surface area (Å²) in [5, 5.41) is 0. The Kier molecular flexibility index (Phi) is 5.96. The molecule has 0 saturated heterocycles. The van der Waals surface area contributed by atoms with Crippen molar-refractivity contribution in [3.8, 4) is 0 Å². The van der Waals surface area contributed by atoms with Crippen LogP contribution in [0.1, 0.15) is 44.5 Å². The molecule has 0 fully saturated rings. The second-order valence-corrected chi connectivity index (χ2v) is 11.4. The Hall–Kier alpha value is -2.28. The Bertz CT molecular complexity index is 1200. The lowest BCUT2D eigenvalue weighted by Gasteiger charge is -2.15. The van der Waals surface area contributed by atoms with Gasteiger partial charge in [0.15, 0.2) is 0 Å². The predicted octanol–water partition coefficient (Wildman–Crippen LogP) is 3.99. The first-order valence-corrected chi connectivity index (χ1v) is 12.0. The van der Waals surface area contributed by atoms with Gasteiger partial charge >= 0.3 is 4.38 Å². The molecule has 2 aromatic rings. The molecule has 0 saturated carbocycles. The first-order chi connectivity index (χ1) is 13.2. The largest absolute Gasteiger partial charge is 0.504 e. The summed E-state index contributed by atoms with van der Waals surface area (Å²) in [5.74, 6) is 0. The maximum Gasteiger partial charge on any atom is 0.504 e. The van der Waals surface area contributed by atoms with Gasteiger partial charge in [-0.05, 0) is 112 Å². The van der Waals surface area contributed by atoms with Crippen molar-refractivity contribution in [3.05, 3.63) is 62.2 Å². The van der Waals surface area contributed by atoms with Crippen molar-refractivity contribution in [3.63, 3.8) is 0 Å². The molecule has 2 rings (SSSR count). The van der Waals surface area contributed by atoms with E-state index in [0.717, 1.165) is 22.3 Å². The van der Waals surface area contributed by atoms with Crippen molar-refractivity contribution in [1.82, 2.24) is 0 Å². The third kappa shape index (κ3) is 3.56. The molecule has 0 N–H and O–H groups in total. The van der Waals surface area contributed by atoms with E-state index in [1.165, 1.54) is 12.1 Å². The molecule has 29 heavy (non-hydrogen) atoms. The Balaban J connectivity index is 2.87. The highest BCUT2D eigenvalue weighted by molar-refractivity contribution is 8.31. The van der Waals surface area contributed by atoms with Gasteiger partial charge in [-0.3, -0.25) is 0 Å². The van der Waals surface area contributed by atoms with E-state index < -0.39 is 24.1 Å². The lowest BCUT2D eigenvalue weighted by Crippen LogP contribution is -2.28. The van der Waals surface area contributed by atoms with Crippen molar-refractivity contribution in [2.24, 2.45) is 0 Å². The van der Waals surface area contributed by atoms with Gasteiger partial charge in [-0.1, -0.05) is 0 Å². The predicted molar refractivity (Wildman–Crippen MR) is 114 cm³/mol. The van der Waals surface area contributed by atoms with Crippen LogP contribution in [0, 0.1) is 55.4 Å². The number of aryl methyl sites for hydroxylation is 2. The monoisotopic (exact) mass is 434 g/mol. The molecule has 0 unspecified atom stereocenters. The molecule has 0 atom stereocenters. The fourth-order valence-electron chi connectivity index (χ4n) is 3.35. The van der Waals surface area contributed by atoms with Crippen LogP contribution >= 0.6 is 0 Å². The van der Waals surface area contributed by atoms with Gasteiger partial charge in [0, 0.05) is 0 Å². The first-order valence-electron chi connectivity index (χ1n) is 9.06. The number of benzene rings is 2. The van der Waals surface area contributed by atoms with E-state index in [-0.39, 0.29) is 9.79 Å². The molecule has 2 aromatic carbocycles. The van der Waals surface area contributed by atoms with Gasteiger partial charge in [-0.15, -0.1) is 4.79 Å². The third-order valence-electron chi connectivity index (χ3n) is 5.99. The Morgan fingerprint density at radius 1 is 0.621 bits per heavy atom. The van der Waals surface area contributed by atoms with Gasteiger partial charge in [-0.2, -0.15) is 0 Å². The van der Waals surface area contributed by atoms with Crippen molar-refractivity contribution >= 4 is 24.1 Å². The summed E-state index contributed by atoms with van der Waals surface area (Å²) in [6.07, 6.45) is 0. The van der Waals surface area contributed by atoms with Gasteiger partial charge in [-0.25, -0.2) is 16.8 Å². The lowest BCUT2D eigenvalue weighted by molar-refractivity contribution is 0.00379. The fourth-order valence-corrected chi connectivity index (χ4v) is 7.41. The van der Waals surface area contributed by atoms with Crippen LogP contribution in [0.4, 0.5) is 0 Å². The highest BCUT2D eigenvalue weighted by Gasteiger charge is 2.46. The summed E-state index contributed by atoms with van der Waals surface area (Å²) < 4.78 is 51.9. The number of nitrogens with zero attached hydrogens (tertiary/aromatic N) is 2. The zero-order chi connectivity index (χ0) is 22.5. The van der Waals surface area contributed by atoms with Crippen molar-refractivity contribution in [2.75, 3.05) is 0 Å². The van der Waals surface area contributed by atoms with E-state index in [0.29, 0.717) is 22.3 Å². The van der Waals surface area contributed by atoms with Crippen LogP contribution in [0.3, 0.4) is 0 Å². The van der Waals surface area contributed by atoms with E-state index in [1.54, 1.807) is 41.5 Å². The van der Waals surface area contributed by atoms with Gasteiger partial charge in [0.25, 0.3) is 19.7 Å². The summed E-state index contributed by atoms with van der Waals surface area (Å²) >= 11 is 0. The summed E-state index contributed by atoms with van der Waals surface area (Å²) in [4.78, 5) is 2.42. The van der Waals surface area contributed by atoms with Crippen LogP contribution < -0.4 is 0 Å². The molecular weight excluding hydrogens is 408 g/mol. The molecule has 0 aliphatic rings. The lowest BCUT2D eigenvalue weighted by atomic mass is 10.00. The topological polar surface area (TPSA) is 105 Å². The van der Waals surface area contributed by atoms with Crippen LogP contribution in [0.25, 0.3) is 5.53 Å². The third-order valence-corrected chi connectivity index (χ3v) is 10.4. The molecule has 0 radical (unpaired) electrons. The van der Waals surface area contributed by atoms with Crippen LogP contribution in [-0.2, 0) is 19.7 Å². The van der Waals surface area contributed by atoms with E-state index in [9.17, 15) is 22.4 Å². The van der Waals surface area contributed by atoms with Gasteiger partial charge < -0.3 is 5.53 Å². The van der Waals surface area contributed by atoms with E-state index in [1.807, 2.05) is 13.8 Å². The van der Waals surface area contributed by atoms with Crippen LogP contribution in [0.5, 0.6) is 0 Å². The van der Waals surface area contributed by atoms with E-state index in [2.05, 4.69) is 4.79 Å². The molecule has 156 valence electrons. The second kappa shape index (κ2) is 7.52. The molecule has 0 spiro atoms. The average molecular weight is 435 g/mol. The van der Waals surface area contributed by atoms with Crippen LogP contribution in [0.2, 0.25) is 0 Å². The SMILES string of the molecule is Cc1cc(S(=O)(=O)C(=[N+]=[N-])S(=O)(=O)c2cc(C)c(C)c(C)c2C)c(C)c(C)c1C. The zero-order valence-electron chi connectivity index (χ0n) is 18.0. The number of sulfone groups is 2. The number of hydrogen-bond donors (Lipinski definition) is 0. The molecule has 0 aromatic heterocycles. The van der Waals surface area contributed by atoms with E-state index >= 15 is 0 Å². The van der Waals surface area contributed by atoms with Crippen molar-refractivity contribution in [1.29, 1.82) is 0 Å². The molecule has 0 bridgehead atoms. The van der Waals surface area contributed by atoms with Crippen LogP contribution in [0.15, 0.2) is 21.9 Å². The molecule has 0 aliphatic carbocycles. The van der Waals surface area contributed by atoms with E-state index in [4.69, 9.17) is 0 Å². The quantitative estimate of drug-likeness (QED) is 0.308. The molecule has 6 nitrogen and oxygen atoms in total. The minimum atomic E-state index is -4.59.